The standard InChI is InChI=1S/C19H17NO2/c1-12-5-4-6-16(7-12)19(22)17(11-20)10-15-8-13(2)18(21)14(3)9-15/h4-10,21H,1-3H3/b17-10+. The maximum absolute atomic E-state index is 12.4. The van der Waals surface area contributed by atoms with Crippen molar-refractivity contribution in [1.29, 1.82) is 5.26 Å². The van der Waals surface area contributed by atoms with E-state index >= 15 is 0 Å². The first-order valence-electron chi connectivity index (χ1n) is 6.95. The van der Waals surface area contributed by atoms with Crippen LogP contribution in [-0.4, -0.2) is 10.9 Å². The minimum atomic E-state index is -0.297. The van der Waals surface area contributed by atoms with Crippen LogP contribution in [0.4, 0.5) is 0 Å². The maximum atomic E-state index is 12.4. The molecule has 22 heavy (non-hydrogen) atoms. The van der Waals surface area contributed by atoms with Crippen molar-refractivity contribution in [2.75, 3.05) is 0 Å². The normalized spacial score (nSPS) is 11.1. The number of hydrogen-bond donors (Lipinski definition) is 1. The zero-order valence-electron chi connectivity index (χ0n) is 12.8. The highest BCUT2D eigenvalue weighted by Gasteiger charge is 2.13. The first kappa shape index (κ1) is 15.5. The fourth-order valence-electron chi connectivity index (χ4n) is 2.33. The third kappa shape index (κ3) is 3.24. The minimum absolute atomic E-state index is 0.0788. The van der Waals surface area contributed by atoms with Gasteiger partial charge in [-0.05, 0) is 61.7 Å². The van der Waals surface area contributed by atoms with Crippen LogP contribution in [0.3, 0.4) is 0 Å². The summed E-state index contributed by atoms with van der Waals surface area (Å²) in [5.74, 6) is -0.0600. The zero-order valence-corrected chi connectivity index (χ0v) is 12.8. The molecule has 0 bridgehead atoms. The smallest absolute Gasteiger partial charge is 0.203 e. The monoisotopic (exact) mass is 291 g/mol. The van der Waals surface area contributed by atoms with Crippen LogP contribution < -0.4 is 0 Å². The molecule has 0 fully saturated rings. The van der Waals surface area contributed by atoms with Crippen molar-refractivity contribution in [2.45, 2.75) is 20.8 Å². The summed E-state index contributed by atoms with van der Waals surface area (Å²) in [5, 5.41) is 19.1. The van der Waals surface area contributed by atoms with Crippen LogP contribution in [0.2, 0.25) is 0 Å². The van der Waals surface area contributed by atoms with Crippen molar-refractivity contribution in [3.63, 3.8) is 0 Å². The molecular formula is C19H17NO2. The number of hydrogen-bond acceptors (Lipinski definition) is 3. The van der Waals surface area contributed by atoms with E-state index in [0.717, 1.165) is 11.1 Å². The summed E-state index contributed by atoms with van der Waals surface area (Å²) in [7, 11) is 0. The molecule has 0 unspecified atom stereocenters. The van der Waals surface area contributed by atoms with Crippen LogP contribution in [0.5, 0.6) is 5.75 Å². The van der Waals surface area contributed by atoms with Crippen molar-refractivity contribution in [2.24, 2.45) is 0 Å². The third-order valence-electron chi connectivity index (χ3n) is 3.47. The number of nitrogens with zero attached hydrogens (tertiary/aromatic N) is 1. The van der Waals surface area contributed by atoms with Gasteiger partial charge in [-0.1, -0.05) is 23.8 Å². The van der Waals surface area contributed by atoms with Gasteiger partial charge in [0.05, 0.1) is 0 Å². The van der Waals surface area contributed by atoms with Gasteiger partial charge in [-0.15, -0.1) is 0 Å². The van der Waals surface area contributed by atoms with Crippen molar-refractivity contribution in [3.05, 3.63) is 69.8 Å². The highest BCUT2D eigenvalue weighted by atomic mass is 16.3. The minimum Gasteiger partial charge on any atom is -0.507 e. The van der Waals surface area contributed by atoms with E-state index in [4.69, 9.17) is 0 Å². The lowest BCUT2D eigenvalue weighted by Crippen LogP contribution is -2.02. The van der Waals surface area contributed by atoms with Gasteiger partial charge < -0.3 is 5.11 Å². The molecule has 0 spiro atoms. The van der Waals surface area contributed by atoms with Gasteiger partial charge in [0.15, 0.2) is 0 Å². The molecule has 0 aliphatic carbocycles. The second-order valence-corrected chi connectivity index (χ2v) is 5.37. The third-order valence-corrected chi connectivity index (χ3v) is 3.47. The number of carbonyl (C=O) groups excluding carboxylic acids is 1. The predicted molar refractivity (Wildman–Crippen MR) is 86.7 cm³/mol. The van der Waals surface area contributed by atoms with E-state index in [0.29, 0.717) is 16.7 Å². The predicted octanol–water partition coefficient (Wildman–Crippen LogP) is 4.11. The number of rotatable bonds is 3. The molecule has 0 aliphatic rings. The molecule has 3 heteroatoms. The molecule has 0 radical (unpaired) electrons. The van der Waals surface area contributed by atoms with Gasteiger partial charge in [0.25, 0.3) is 0 Å². The van der Waals surface area contributed by atoms with Gasteiger partial charge >= 0.3 is 0 Å². The summed E-state index contributed by atoms with van der Waals surface area (Å²) in [5.41, 5.74) is 3.71. The zero-order chi connectivity index (χ0) is 16.3. The molecule has 1 N–H and O–H groups in total. The van der Waals surface area contributed by atoms with E-state index in [2.05, 4.69) is 0 Å². The summed E-state index contributed by atoms with van der Waals surface area (Å²) in [6, 6.07) is 12.6. The quantitative estimate of drug-likeness (QED) is 0.526. The molecule has 0 atom stereocenters. The summed E-state index contributed by atoms with van der Waals surface area (Å²) < 4.78 is 0. The Balaban J connectivity index is 2.44. The number of aryl methyl sites for hydroxylation is 3. The fourth-order valence-corrected chi connectivity index (χ4v) is 2.33. The van der Waals surface area contributed by atoms with Crippen molar-refractivity contribution < 1.29 is 9.90 Å². The molecule has 0 heterocycles. The Hall–Kier alpha value is -2.86. The largest absolute Gasteiger partial charge is 0.507 e. The Morgan fingerprint density at radius 3 is 2.32 bits per heavy atom. The van der Waals surface area contributed by atoms with Crippen molar-refractivity contribution in [1.82, 2.24) is 0 Å². The number of Topliss-reactive ketones (excluding diaryl/α,β-unsaturated/α-hetero) is 1. The molecule has 0 amide bonds. The van der Waals surface area contributed by atoms with Crippen molar-refractivity contribution in [3.8, 4) is 11.8 Å². The van der Waals surface area contributed by atoms with Crippen molar-refractivity contribution >= 4 is 11.9 Å². The number of benzene rings is 2. The summed E-state index contributed by atoms with van der Waals surface area (Å²) >= 11 is 0. The first-order chi connectivity index (χ1) is 10.4. The van der Waals surface area contributed by atoms with Gasteiger partial charge in [-0.3, -0.25) is 4.79 Å². The average Bonchev–Trinajstić information content (AvgIpc) is 2.49. The highest BCUT2D eigenvalue weighted by Crippen LogP contribution is 2.24. The van der Waals surface area contributed by atoms with Gasteiger partial charge in [-0.2, -0.15) is 5.26 Å². The van der Waals surface area contributed by atoms with Gasteiger partial charge in [0, 0.05) is 5.56 Å². The number of phenols is 1. The Morgan fingerprint density at radius 1 is 1.14 bits per heavy atom. The lowest BCUT2D eigenvalue weighted by molar-refractivity contribution is 0.104. The fraction of sp³-hybridized carbons (Fsp3) is 0.158. The van der Waals surface area contributed by atoms with E-state index in [9.17, 15) is 15.2 Å². The molecule has 2 aromatic rings. The Bertz CT molecular complexity index is 787. The van der Waals surface area contributed by atoms with Crippen LogP contribution in [0.25, 0.3) is 6.08 Å². The average molecular weight is 291 g/mol. The van der Waals surface area contributed by atoms with Crippen LogP contribution in [0, 0.1) is 32.1 Å². The lowest BCUT2D eigenvalue weighted by atomic mass is 9.99. The van der Waals surface area contributed by atoms with Gasteiger partial charge in [0.1, 0.15) is 17.4 Å². The van der Waals surface area contributed by atoms with E-state index < -0.39 is 0 Å². The maximum Gasteiger partial charge on any atom is 0.203 e. The molecular weight excluding hydrogens is 274 g/mol. The van der Waals surface area contributed by atoms with Crippen LogP contribution in [-0.2, 0) is 0 Å². The SMILES string of the molecule is Cc1cccc(C(=O)/C(C#N)=C/c2cc(C)c(O)c(C)c2)c1. The number of ketones is 1. The number of carbonyl (C=O) groups is 1. The molecule has 110 valence electrons. The van der Waals surface area contributed by atoms with E-state index in [1.165, 1.54) is 0 Å². The van der Waals surface area contributed by atoms with Crippen LogP contribution in [0.1, 0.15) is 32.6 Å². The van der Waals surface area contributed by atoms with Gasteiger partial charge in [0.2, 0.25) is 5.78 Å². The molecule has 2 aromatic carbocycles. The molecule has 0 aliphatic heterocycles. The topological polar surface area (TPSA) is 61.1 Å². The van der Waals surface area contributed by atoms with Crippen LogP contribution in [0.15, 0.2) is 42.0 Å². The molecule has 2 rings (SSSR count). The summed E-state index contributed by atoms with van der Waals surface area (Å²) in [6.07, 6.45) is 1.56. The molecule has 3 nitrogen and oxygen atoms in total. The summed E-state index contributed by atoms with van der Waals surface area (Å²) in [4.78, 5) is 12.4. The Labute approximate surface area is 130 Å². The highest BCUT2D eigenvalue weighted by molar-refractivity contribution is 6.14. The molecule has 0 aromatic heterocycles. The number of nitriles is 1. The molecule has 0 saturated heterocycles. The summed E-state index contributed by atoms with van der Waals surface area (Å²) in [6.45, 7) is 5.47. The van der Waals surface area contributed by atoms with Crippen LogP contribution >= 0.6 is 0 Å². The number of aromatic hydroxyl groups is 1. The number of phenolic OH excluding ortho intramolecular Hbond substituents is 1. The van der Waals surface area contributed by atoms with E-state index in [1.54, 1.807) is 50.3 Å². The van der Waals surface area contributed by atoms with E-state index in [-0.39, 0.29) is 17.1 Å². The second-order valence-electron chi connectivity index (χ2n) is 5.37. The Kier molecular flexibility index (Phi) is 4.43. The first-order valence-corrected chi connectivity index (χ1v) is 6.95. The van der Waals surface area contributed by atoms with E-state index in [1.807, 2.05) is 19.1 Å². The number of allylic oxidation sites excluding steroid dienone is 1. The second kappa shape index (κ2) is 6.28. The lowest BCUT2D eigenvalue weighted by Gasteiger charge is -2.06. The Morgan fingerprint density at radius 2 is 1.77 bits per heavy atom. The molecule has 0 saturated carbocycles. The van der Waals surface area contributed by atoms with Gasteiger partial charge in [-0.25, -0.2) is 0 Å².